The summed E-state index contributed by atoms with van der Waals surface area (Å²) < 4.78 is 39.6. The van der Waals surface area contributed by atoms with Crippen molar-refractivity contribution in [2.75, 3.05) is 26.4 Å². The molecule has 0 rings (SSSR count). The molecule has 11 nitrogen and oxygen atoms in total. The van der Waals surface area contributed by atoms with Crippen molar-refractivity contribution in [3.63, 3.8) is 0 Å². The van der Waals surface area contributed by atoms with Crippen LogP contribution in [-0.2, 0) is 42.2 Å². The first-order valence-corrected chi connectivity index (χ1v) is 32.7. The number of aliphatic hydroxyl groups excluding tert-OH is 1. The van der Waals surface area contributed by atoms with Gasteiger partial charge in [0.25, 0.3) is 0 Å². The topological polar surface area (TPSA) is 155 Å². The lowest BCUT2D eigenvalue weighted by Gasteiger charge is -2.21. The monoisotopic (exact) mass is 1090 g/mol. The molecule has 12 heteroatoms. The fourth-order valence-electron chi connectivity index (χ4n) is 8.75. The molecule has 0 spiro atoms. The van der Waals surface area contributed by atoms with Crippen LogP contribution in [0.15, 0.2) is 60.8 Å². The predicted molar refractivity (Wildman–Crippen MR) is 316 cm³/mol. The maximum absolute atomic E-state index is 12.9. The standard InChI is InChI=1S/C64H115O11P/c1-4-7-10-13-16-19-22-25-28-30-33-35-38-41-44-47-50-53-62(66)71-57-61(75-64(68)55-52-49-46-43-40-37-34-31-29-26-23-20-17-14-11-8-5-2)59-73-76(69,70)72-58-60(56-65)74-63(67)54-51-48-45-42-39-36-32-27-24-21-18-15-12-9-6-3/h8,11,17,20,26,29,34,37,43,46,60-61,65H,4-7,9-10,12-16,18-19,21-25,27-28,30-33,35-36,38-42,44-45,47-59H2,1-3H3,(H,69,70)/b11-8-,20-17-,29-26-,37-34-,46-43-. The van der Waals surface area contributed by atoms with Crippen LogP contribution in [-0.4, -0.2) is 66.5 Å². The number of phosphoric ester groups is 1. The minimum absolute atomic E-state index is 0.0915. The molecule has 76 heavy (non-hydrogen) atoms. The molecule has 0 aliphatic carbocycles. The highest BCUT2D eigenvalue weighted by molar-refractivity contribution is 7.47. The van der Waals surface area contributed by atoms with Crippen molar-refractivity contribution >= 4 is 25.7 Å². The highest BCUT2D eigenvalue weighted by Crippen LogP contribution is 2.43. The number of carbonyl (C=O) groups excluding carboxylic acids is 3. The minimum Gasteiger partial charge on any atom is -0.462 e. The van der Waals surface area contributed by atoms with Gasteiger partial charge < -0.3 is 24.2 Å². The number of phosphoric acid groups is 1. The van der Waals surface area contributed by atoms with Crippen LogP contribution >= 0.6 is 7.82 Å². The number of esters is 3. The zero-order chi connectivity index (χ0) is 55.5. The SMILES string of the molecule is CC/C=C\C/C=C\C/C=C\C/C=C\C/C=C\CCCC(=O)OC(COC(=O)CCCCCCCCCCCCCCCCCCC)COP(=O)(O)OCC(CO)OC(=O)CCCCCCCCCCCCCCCCC. The Morgan fingerprint density at radius 3 is 1.05 bits per heavy atom. The van der Waals surface area contributed by atoms with E-state index in [2.05, 4.69) is 75.5 Å². The lowest BCUT2D eigenvalue weighted by Crippen LogP contribution is -2.30. The molecule has 0 bridgehead atoms. The second kappa shape index (κ2) is 58.3. The molecule has 0 heterocycles. The Bertz CT molecular complexity index is 1510. The fraction of sp³-hybridized carbons (Fsp3) is 0.797. The third-order valence-electron chi connectivity index (χ3n) is 13.5. The Labute approximate surface area is 465 Å². The third-order valence-corrected chi connectivity index (χ3v) is 14.4. The van der Waals surface area contributed by atoms with Gasteiger partial charge in [-0.25, -0.2) is 4.57 Å². The van der Waals surface area contributed by atoms with Crippen molar-refractivity contribution in [1.29, 1.82) is 0 Å². The highest BCUT2D eigenvalue weighted by Gasteiger charge is 2.28. The molecular formula is C64H115O11P. The number of rotatable bonds is 58. The van der Waals surface area contributed by atoms with Gasteiger partial charge >= 0.3 is 25.7 Å². The van der Waals surface area contributed by atoms with E-state index >= 15 is 0 Å². The molecule has 0 aliphatic heterocycles. The third kappa shape index (κ3) is 55.9. The molecule has 0 radical (unpaired) electrons. The average Bonchev–Trinajstić information content (AvgIpc) is 3.41. The molecule has 3 atom stereocenters. The van der Waals surface area contributed by atoms with E-state index in [1.54, 1.807) is 0 Å². The van der Waals surface area contributed by atoms with Crippen LogP contribution < -0.4 is 0 Å². The van der Waals surface area contributed by atoms with Crippen LogP contribution in [0.4, 0.5) is 0 Å². The van der Waals surface area contributed by atoms with Gasteiger partial charge in [-0.15, -0.1) is 0 Å². The van der Waals surface area contributed by atoms with E-state index in [1.807, 2.05) is 6.08 Å². The summed E-state index contributed by atoms with van der Waals surface area (Å²) in [5.74, 6) is -1.52. The summed E-state index contributed by atoms with van der Waals surface area (Å²) in [6.07, 6.45) is 64.7. The first-order valence-electron chi connectivity index (χ1n) is 31.2. The molecule has 2 N–H and O–H groups in total. The second-order valence-corrected chi connectivity index (χ2v) is 22.3. The van der Waals surface area contributed by atoms with Crippen molar-refractivity contribution in [3.05, 3.63) is 60.8 Å². The van der Waals surface area contributed by atoms with Gasteiger partial charge in [0.15, 0.2) is 6.10 Å². The zero-order valence-electron chi connectivity index (χ0n) is 49.0. The molecule has 442 valence electrons. The molecule has 0 fully saturated rings. The molecule has 3 unspecified atom stereocenters. The van der Waals surface area contributed by atoms with Crippen LogP contribution in [0.25, 0.3) is 0 Å². The van der Waals surface area contributed by atoms with E-state index in [0.29, 0.717) is 25.7 Å². The summed E-state index contributed by atoms with van der Waals surface area (Å²) in [5, 5.41) is 9.84. The Balaban J connectivity index is 4.75. The van der Waals surface area contributed by atoms with E-state index in [1.165, 1.54) is 154 Å². The van der Waals surface area contributed by atoms with E-state index in [0.717, 1.165) is 70.6 Å². The maximum Gasteiger partial charge on any atom is 0.472 e. The minimum atomic E-state index is -4.76. The molecule has 0 saturated heterocycles. The number of allylic oxidation sites excluding steroid dienone is 10. The number of unbranched alkanes of at least 4 members (excludes halogenated alkanes) is 31. The normalized spacial score (nSPS) is 13.7. The van der Waals surface area contributed by atoms with Crippen molar-refractivity contribution in [2.45, 2.75) is 303 Å². The first kappa shape index (κ1) is 73.2. The largest absolute Gasteiger partial charge is 0.472 e. The van der Waals surface area contributed by atoms with Crippen molar-refractivity contribution in [2.24, 2.45) is 0 Å². The van der Waals surface area contributed by atoms with Gasteiger partial charge in [0, 0.05) is 19.3 Å². The molecule has 0 aromatic rings. The van der Waals surface area contributed by atoms with Crippen LogP contribution in [0.5, 0.6) is 0 Å². The molecular weight excluding hydrogens is 976 g/mol. The summed E-state index contributed by atoms with van der Waals surface area (Å²) in [7, 11) is -4.76. The molecule has 0 saturated carbocycles. The van der Waals surface area contributed by atoms with E-state index in [-0.39, 0.29) is 25.9 Å². The predicted octanol–water partition coefficient (Wildman–Crippen LogP) is 18.7. The van der Waals surface area contributed by atoms with E-state index in [9.17, 15) is 28.9 Å². The molecule has 0 aromatic carbocycles. The second-order valence-electron chi connectivity index (χ2n) is 20.9. The highest BCUT2D eigenvalue weighted by atomic mass is 31.2. The summed E-state index contributed by atoms with van der Waals surface area (Å²) >= 11 is 0. The van der Waals surface area contributed by atoms with Gasteiger partial charge in [0.05, 0.1) is 19.8 Å². The van der Waals surface area contributed by atoms with Crippen LogP contribution in [0.2, 0.25) is 0 Å². The van der Waals surface area contributed by atoms with E-state index in [4.69, 9.17) is 23.3 Å². The van der Waals surface area contributed by atoms with Crippen LogP contribution in [0.3, 0.4) is 0 Å². The lowest BCUT2D eigenvalue weighted by atomic mass is 10.0. The van der Waals surface area contributed by atoms with Gasteiger partial charge in [0.2, 0.25) is 0 Å². The van der Waals surface area contributed by atoms with Gasteiger partial charge in [-0.3, -0.25) is 23.4 Å². The van der Waals surface area contributed by atoms with Gasteiger partial charge in [-0.2, -0.15) is 0 Å². The number of hydrogen-bond donors (Lipinski definition) is 2. The Morgan fingerprint density at radius 2 is 0.684 bits per heavy atom. The van der Waals surface area contributed by atoms with Gasteiger partial charge in [0.1, 0.15) is 12.7 Å². The summed E-state index contributed by atoms with van der Waals surface area (Å²) in [6.45, 7) is 4.52. The Morgan fingerprint density at radius 1 is 0.382 bits per heavy atom. The van der Waals surface area contributed by atoms with E-state index < -0.39 is 57.8 Å². The lowest BCUT2D eigenvalue weighted by molar-refractivity contribution is -0.161. The van der Waals surface area contributed by atoms with Crippen molar-refractivity contribution in [3.8, 4) is 0 Å². The van der Waals surface area contributed by atoms with Crippen molar-refractivity contribution < 1.29 is 52.2 Å². The number of ether oxygens (including phenoxy) is 3. The van der Waals surface area contributed by atoms with Gasteiger partial charge in [-0.1, -0.05) is 274 Å². The maximum atomic E-state index is 12.9. The zero-order valence-corrected chi connectivity index (χ0v) is 49.9. The Hall–Kier alpha value is -2.82. The smallest absolute Gasteiger partial charge is 0.462 e. The number of carbonyl (C=O) groups is 3. The molecule has 0 amide bonds. The first-order chi connectivity index (χ1) is 37.2. The summed E-state index contributed by atoms with van der Waals surface area (Å²) in [5.41, 5.74) is 0. The molecule has 0 aliphatic rings. The average molecular weight is 1090 g/mol. The summed E-state index contributed by atoms with van der Waals surface area (Å²) in [6, 6.07) is 0. The fourth-order valence-corrected chi connectivity index (χ4v) is 9.53. The number of hydrogen-bond acceptors (Lipinski definition) is 10. The Kier molecular flexibility index (Phi) is 56.2. The van der Waals surface area contributed by atoms with Gasteiger partial charge in [-0.05, 0) is 57.8 Å². The molecule has 0 aromatic heterocycles. The van der Waals surface area contributed by atoms with Crippen LogP contribution in [0, 0.1) is 0 Å². The summed E-state index contributed by atoms with van der Waals surface area (Å²) in [4.78, 5) is 48.6. The number of aliphatic hydroxyl groups is 1. The van der Waals surface area contributed by atoms with Crippen LogP contribution in [0.1, 0.15) is 290 Å². The van der Waals surface area contributed by atoms with Crippen molar-refractivity contribution in [1.82, 2.24) is 0 Å². The quantitative estimate of drug-likeness (QED) is 0.0197.